The van der Waals surface area contributed by atoms with Crippen LogP contribution in [0.25, 0.3) is 0 Å². The quantitative estimate of drug-likeness (QED) is 0.801. The van der Waals surface area contributed by atoms with E-state index in [1.807, 2.05) is 12.1 Å². The van der Waals surface area contributed by atoms with Gasteiger partial charge in [-0.3, -0.25) is 4.90 Å². The van der Waals surface area contributed by atoms with Crippen LogP contribution in [0.15, 0.2) is 24.3 Å². The molecule has 0 heterocycles. The van der Waals surface area contributed by atoms with E-state index < -0.39 is 0 Å². The highest BCUT2D eigenvalue weighted by Gasteiger charge is 2.18. The van der Waals surface area contributed by atoms with E-state index in [-0.39, 0.29) is 11.9 Å². The van der Waals surface area contributed by atoms with Crippen molar-refractivity contribution in [3.8, 4) is 0 Å². The molecule has 0 amide bonds. The Kier molecular flexibility index (Phi) is 6.30. The molecule has 1 rings (SSSR count). The first kappa shape index (κ1) is 15.1. The molecule has 0 aliphatic rings. The lowest BCUT2D eigenvalue weighted by atomic mass is 10.0. The van der Waals surface area contributed by atoms with Crippen molar-refractivity contribution >= 4 is 0 Å². The summed E-state index contributed by atoms with van der Waals surface area (Å²) in [5.41, 5.74) is 0.762. The SMILES string of the molecule is CCNC(CN(CC)C(C)C)c1ccccc1F. The van der Waals surface area contributed by atoms with Crippen molar-refractivity contribution in [1.29, 1.82) is 0 Å². The van der Waals surface area contributed by atoms with Crippen molar-refractivity contribution in [3.05, 3.63) is 35.6 Å². The van der Waals surface area contributed by atoms with E-state index in [1.54, 1.807) is 6.07 Å². The van der Waals surface area contributed by atoms with Gasteiger partial charge in [-0.25, -0.2) is 4.39 Å². The molecule has 0 aromatic heterocycles. The molecule has 1 aromatic carbocycles. The number of hydrogen-bond donors (Lipinski definition) is 1. The summed E-state index contributed by atoms with van der Waals surface area (Å²) in [6.07, 6.45) is 0. The molecule has 0 fully saturated rings. The van der Waals surface area contributed by atoms with E-state index in [4.69, 9.17) is 0 Å². The van der Waals surface area contributed by atoms with Gasteiger partial charge in [-0.15, -0.1) is 0 Å². The van der Waals surface area contributed by atoms with Crippen molar-refractivity contribution in [3.63, 3.8) is 0 Å². The summed E-state index contributed by atoms with van der Waals surface area (Å²) in [5.74, 6) is -0.122. The summed E-state index contributed by atoms with van der Waals surface area (Å²) in [4.78, 5) is 2.35. The third kappa shape index (κ3) is 4.07. The Morgan fingerprint density at radius 1 is 1.22 bits per heavy atom. The predicted octanol–water partition coefficient (Wildman–Crippen LogP) is 3.21. The summed E-state index contributed by atoms with van der Waals surface area (Å²) >= 11 is 0. The van der Waals surface area contributed by atoms with Crippen molar-refractivity contribution in [2.24, 2.45) is 0 Å². The van der Waals surface area contributed by atoms with E-state index in [2.05, 4.69) is 37.9 Å². The molecule has 0 bridgehead atoms. The lowest BCUT2D eigenvalue weighted by Crippen LogP contribution is -2.39. The fraction of sp³-hybridized carbons (Fsp3) is 0.600. The summed E-state index contributed by atoms with van der Waals surface area (Å²) in [6.45, 7) is 11.2. The van der Waals surface area contributed by atoms with Crippen molar-refractivity contribution in [2.45, 2.75) is 39.8 Å². The van der Waals surface area contributed by atoms with E-state index in [9.17, 15) is 4.39 Å². The van der Waals surface area contributed by atoms with Crippen LogP contribution in [0.1, 0.15) is 39.3 Å². The lowest BCUT2D eigenvalue weighted by Gasteiger charge is -2.30. The number of nitrogens with zero attached hydrogens (tertiary/aromatic N) is 1. The van der Waals surface area contributed by atoms with Gasteiger partial charge in [-0.1, -0.05) is 32.0 Å². The molecule has 0 saturated heterocycles. The second-order valence-electron chi connectivity index (χ2n) is 4.81. The van der Waals surface area contributed by atoms with Gasteiger partial charge in [0.05, 0.1) is 0 Å². The number of likely N-dealkylation sites (N-methyl/N-ethyl adjacent to an activating group) is 2. The molecule has 1 aromatic rings. The molecular weight excluding hydrogens is 227 g/mol. The van der Waals surface area contributed by atoms with Crippen molar-refractivity contribution in [1.82, 2.24) is 10.2 Å². The van der Waals surface area contributed by atoms with E-state index in [0.29, 0.717) is 6.04 Å². The highest BCUT2D eigenvalue weighted by molar-refractivity contribution is 5.21. The molecule has 0 radical (unpaired) electrons. The second-order valence-corrected chi connectivity index (χ2v) is 4.81. The first-order valence-electron chi connectivity index (χ1n) is 6.82. The van der Waals surface area contributed by atoms with E-state index in [0.717, 1.165) is 25.2 Å². The molecule has 1 unspecified atom stereocenters. The maximum atomic E-state index is 13.9. The highest BCUT2D eigenvalue weighted by Crippen LogP contribution is 2.18. The molecule has 18 heavy (non-hydrogen) atoms. The number of rotatable bonds is 7. The third-order valence-electron chi connectivity index (χ3n) is 3.28. The normalized spacial score (nSPS) is 13.3. The zero-order valence-electron chi connectivity index (χ0n) is 11.9. The molecular formula is C15H25FN2. The van der Waals surface area contributed by atoms with Gasteiger partial charge in [-0.05, 0) is 33.0 Å². The smallest absolute Gasteiger partial charge is 0.128 e. The number of halogens is 1. The minimum absolute atomic E-state index is 0.0542. The highest BCUT2D eigenvalue weighted by atomic mass is 19.1. The average Bonchev–Trinajstić information content (AvgIpc) is 2.35. The van der Waals surface area contributed by atoms with Gasteiger partial charge in [0.15, 0.2) is 0 Å². The maximum Gasteiger partial charge on any atom is 0.128 e. The molecule has 2 nitrogen and oxygen atoms in total. The van der Waals surface area contributed by atoms with Gasteiger partial charge in [0.1, 0.15) is 5.82 Å². The van der Waals surface area contributed by atoms with Crippen LogP contribution in [0.4, 0.5) is 4.39 Å². The van der Waals surface area contributed by atoms with Gasteiger partial charge >= 0.3 is 0 Å². The van der Waals surface area contributed by atoms with Crippen LogP contribution in [-0.2, 0) is 0 Å². The maximum absolute atomic E-state index is 13.9. The van der Waals surface area contributed by atoms with Gasteiger partial charge in [0, 0.05) is 24.2 Å². The summed E-state index contributed by atoms with van der Waals surface area (Å²) in [6, 6.07) is 7.57. The van der Waals surface area contributed by atoms with E-state index in [1.165, 1.54) is 6.07 Å². The monoisotopic (exact) mass is 252 g/mol. The van der Waals surface area contributed by atoms with Gasteiger partial charge < -0.3 is 5.32 Å². The predicted molar refractivity (Wildman–Crippen MR) is 75.2 cm³/mol. The topological polar surface area (TPSA) is 15.3 Å². The molecule has 0 saturated carbocycles. The molecule has 1 atom stereocenters. The van der Waals surface area contributed by atoms with Crippen LogP contribution in [0.5, 0.6) is 0 Å². The fourth-order valence-corrected chi connectivity index (χ4v) is 2.22. The summed E-state index contributed by atoms with van der Waals surface area (Å²) in [5, 5.41) is 3.38. The van der Waals surface area contributed by atoms with Gasteiger partial charge in [-0.2, -0.15) is 0 Å². The largest absolute Gasteiger partial charge is 0.309 e. The molecule has 3 heteroatoms. The van der Waals surface area contributed by atoms with Gasteiger partial charge in [0.25, 0.3) is 0 Å². The third-order valence-corrected chi connectivity index (χ3v) is 3.28. The second kappa shape index (κ2) is 7.49. The Balaban J connectivity index is 2.86. The Morgan fingerprint density at radius 2 is 1.89 bits per heavy atom. The Hall–Kier alpha value is -0.930. The van der Waals surface area contributed by atoms with Gasteiger partial charge in [0.2, 0.25) is 0 Å². The van der Waals surface area contributed by atoms with Crippen LogP contribution >= 0.6 is 0 Å². The fourth-order valence-electron chi connectivity index (χ4n) is 2.22. The van der Waals surface area contributed by atoms with Crippen LogP contribution < -0.4 is 5.32 Å². The molecule has 102 valence electrons. The number of nitrogens with one attached hydrogen (secondary N) is 1. The summed E-state index contributed by atoms with van der Waals surface area (Å²) < 4.78 is 13.9. The zero-order chi connectivity index (χ0) is 13.5. The zero-order valence-corrected chi connectivity index (χ0v) is 11.9. The first-order valence-corrected chi connectivity index (χ1v) is 6.82. The Bertz CT molecular complexity index is 352. The molecule has 0 aliphatic heterocycles. The van der Waals surface area contributed by atoms with Crippen LogP contribution in [0, 0.1) is 5.82 Å². The van der Waals surface area contributed by atoms with Crippen molar-refractivity contribution < 1.29 is 4.39 Å². The van der Waals surface area contributed by atoms with Crippen LogP contribution in [0.3, 0.4) is 0 Å². The first-order chi connectivity index (χ1) is 8.60. The molecule has 0 spiro atoms. The van der Waals surface area contributed by atoms with E-state index >= 15 is 0 Å². The standard InChI is InChI=1S/C15H25FN2/c1-5-17-15(11-18(6-2)12(3)4)13-9-7-8-10-14(13)16/h7-10,12,15,17H,5-6,11H2,1-4H3. The Morgan fingerprint density at radius 3 is 2.39 bits per heavy atom. The minimum atomic E-state index is -0.122. The van der Waals surface area contributed by atoms with Crippen LogP contribution in [-0.4, -0.2) is 30.6 Å². The molecule has 0 aliphatic carbocycles. The average molecular weight is 252 g/mol. The molecule has 1 N–H and O–H groups in total. The minimum Gasteiger partial charge on any atom is -0.309 e. The summed E-state index contributed by atoms with van der Waals surface area (Å²) in [7, 11) is 0. The Labute approximate surface area is 110 Å². The lowest BCUT2D eigenvalue weighted by molar-refractivity contribution is 0.206. The van der Waals surface area contributed by atoms with Crippen LogP contribution in [0.2, 0.25) is 0 Å². The number of hydrogen-bond acceptors (Lipinski definition) is 2. The number of benzene rings is 1. The van der Waals surface area contributed by atoms with Crippen molar-refractivity contribution in [2.75, 3.05) is 19.6 Å².